The highest BCUT2D eigenvalue weighted by Crippen LogP contribution is 2.18. The summed E-state index contributed by atoms with van der Waals surface area (Å²) in [4.78, 5) is 24.0. The summed E-state index contributed by atoms with van der Waals surface area (Å²) in [6.07, 6.45) is 0.384. The Morgan fingerprint density at radius 2 is 1.57 bits per heavy atom. The molecule has 0 aliphatic carbocycles. The first kappa shape index (κ1) is 19.2. The predicted octanol–water partition coefficient (Wildman–Crippen LogP) is 4.87. The fourth-order valence-corrected chi connectivity index (χ4v) is 2.57. The van der Waals surface area contributed by atoms with Crippen LogP contribution in [-0.4, -0.2) is 11.8 Å². The Balaban J connectivity index is 1.58. The largest absolute Gasteiger partial charge is 0.489 e. The standard InChI is InChI=1S/C23H22N2O3/c1-2-22(26)24-20-10-6-9-18(15-20)23(27)25-19-11-13-21(14-12-19)28-16-17-7-4-3-5-8-17/h3-15H,2,16H2,1H3,(H,24,26)(H,25,27). The molecule has 0 radical (unpaired) electrons. The average molecular weight is 374 g/mol. The first-order valence-corrected chi connectivity index (χ1v) is 9.12. The fourth-order valence-electron chi connectivity index (χ4n) is 2.57. The van der Waals surface area contributed by atoms with E-state index in [-0.39, 0.29) is 11.8 Å². The van der Waals surface area contributed by atoms with Gasteiger partial charge in [-0.25, -0.2) is 0 Å². The molecule has 0 atom stereocenters. The van der Waals surface area contributed by atoms with E-state index in [4.69, 9.17) is 4.74 Å². The van der Waals surface area contributed by atoms with Gasteiger partial charge in [-0.2, -0.15) is 0 Å². The number of rotatable bonds is 7. The van der Waals surface area contributed by atoms with Crippen LogP contribution < -0.4 is 15.4 Å². The highest BCUT2D eigenvalue weighted by molar-refractivity contribution is 6.05. The quantitative estimate of drug-likeness (QED) is 0.620. The van der Waals surface area contributed by atoms with Crippen molar-refractivity contribution >= 4 is 23.2 Å². The molecule has 2 amide bonds. The van der Waals surface area contributed by atoms with Gasteiger partial charge in [0.1, 0.15) is 12.4 Å². The van der Waals surface area contributed by atoms with E-state index in [0.29, 0.717) is 30.0 Å². The topological polar surface area (TPSA) is 67.4 Å². The maximum absolute atomic E-state index is 12.5. The molecule has 0 aliphatic rings. The second kappa shape index (κ2) is 9.37. The molecule has 0 bridgehead atoms. The lowest BCUT2D eigenvalue weighted by atomic mass is 10.1. The van der Waals surface area contributed by atoms with Gasteiger partial charge in [0.15, 0.2) is 0 Å². The van der Waals surface area contributed by atoms with Gasteiger partial charge < -0.3 is 15.4 Å². The number of hydrogen-bond donors (Lipinski definition) is 2. The number of anilines is 2. The van der Waals surface area contributed by atoms with Gasteiger partial charge in [-0.3, -0.25) is 9.59 Å². The number of nitrogens with one attached hydrogen (secondary N) is 2. The maximum Gasteiger partial charge on any atom is 0.255 e. The molecule has 3 aromatic rings. The van der Waals surface area contributed by atoms with E-state index in [2.05, 4.69) is 10.6 Å². The first-order valence-electron chi connectivity index (χ1n) is 9.12. The van der Waals surface area contributed by atoms with Crippen LogP contribution in [0.1, 0.15) is 29.3 Å². The third kappa shape index (κ3) is 5.45. The summed E-state index contributed by atoms with van der Waals surface area (Å²) in [7, 11) is 0. The number of benzene rings is 3. The van der Waals surface area contributed by atoms with Crippen LogP contribution in [0.4, 0.5) is 11.4 Å². The van der Waals surface area contributed by atoms with Gasteiger partial charge in [0.25, 0.3) is 5.91 Å². The van der Waals surface area contributed by atoms with Gasteiger partial charge in [-0.05, 0) is 48.0 Å². The summed E-state index contributed by atoms with van der Waals surface area (Å²) in [5, 5.41) is 5.60. The zero-order valence-corrected chi connectivity index (χ0v) is 15.6. The molecule has 3 aromatic carbocycles. The first-order chi connectivity index (χ1) is 13.6. The van der Waals surface area contributed by atoms with Crippen LogP contribution in [0.2, 0.25) is 0 Å². The van der Waals surface area contributed by atoms with Gasteiger partial charge >= 0.3 is 0 Å². The van der Waals surface area contributed by atoms with Crippen LogP contribution in [0.5, 0.6) is 5.75 Å². The SMILES string of the molecule is CCC(=O)Nc1cccc(C(=O)Nc2ccc(OCc3ccccc3)cc2)c1. The van der Waals surface area contributed by atoms with Crippen molar-refractivity contribution < 1.29 is 14.3 Å². The summed E-state index contributed by atoms with van der Waals surface area (Å²) in [5.41, 5.74) is 2.83. The molecule has 0 fully saturated rings. The number of carbonyl (C=O) groups is 2. The molecule has 5 heteroatoms. The van der Waals surface area contributed by atoms with E-state index in [9.17, 15) is 9.59 Å². The molecular weight excluding hydrogens is 352 g/mol. The average Bonchev–Trinajstić information content (AvgIpc) is 2.74. The molecule has 5 nitrogen and oxygen atoms in total. The van der Waals surface area contributed by atoms with Crippen LogP contribution >= 0.6 is 0 Å². The Morgan fingerprint density at radius 1 is 0.821 bits per heavy atom. The normalized spacial score (nSPS) is 10.2. The third-order valence-electron chi connectivity index (χ3n) is 4.09. The smallest absolute Gasteiger partial charge is 0.255 e. The zero-order valence-electron chi connectivity index (χ0n) is 15.6. The molecule has 0 heterocycles. The van der Waals surface area contributed by atoms with Gasteiger partial charge in [0.2, 0.25) is 5.91 Å². The van der Waals surface area contributed by atoms with E-state index in [1.807, 2.05) is 42.5 Å². The van der Waals surface area contributed by atoms with Crippen LogP contribution in [0.3, 0.4) is 0 Å². The van der Waals surface area contributed by atoms with E-state index in [1.54, 1.807) is 43.3 Å². The molecule has 0 saturated heterocycles. The van der Waals surface area contributed by atoms with Crippen molar-refractivity contribution in [3.63, 3.8) is 0 Å². The maximum atomic E-state index is 12.5. The van der Waals surface area contributed by atoms with Crippen molar-refractivity contribution in [3.05, 3.63) is 90.0 Å². The van der Waals surface area contributed by atoms with Crippen molar-refractivity contribution in [2.24, 2.45) is 0 Å². The Kier molecular flexibility index (Phi) is 6.41. The summed E-state index contributed by atoms with van der Waals surface area (Å²) < 4.78 is 5.75. The van der Waals surface area contributed by atoms with Gasteiger partial charge in [-0.15, -0.1) is 0 Å². The van der Waals surface area contributed by atoms with Crippen LogP contribution in [0, 0.1) is 0 Å². The Labute approximate surface area is 164 Å². The number of ether oxygens (including phenoxy) is 1. The molecule has 0 aromatic heterocycles. The molecule has 142 valence electrons. The van der Waals surface area contributed by atoms with Gasteiger partial charge in [0, 0.05) is 23.4 Å². The van der Waals surface area contributed by atoms with E-state index in [1.165, 1.54) is 0 Å². The second-order valence-corrected chi connectivity index (χ2v) is 6.24. The molecule has 0 aliphatic heterocycles. The van der Waals surface area contributed by atoms with Crippen LogP contribution in [0.25, 0.3) is 0 Å². The number of hydrogen-bond acceptors (Lipinski definition) is 3. The molecule has 3 rings (SSSR count). The minimum absolute atomic E-state index is 0.0938. The van der Waals surface area contributed by atoms with Crippen molar-refractivity contribution in [3.8, 4) is 5.75 Å². The molecule has 28 heavy (non-hydrogen) atoms. The summed E-state index contributed by atoms with van der Waals surface area (Å²) in [6, 6.07) is 24.0. The van der Waals surface area contributed by atoms with Crippen molar-refractivity contribution in [2.45, 2.75) is 20.0 Å². The Hall–Kier alpha value is -3.60. The van der Waals surface area contributed by atoms with Crippen molar-refractivity contribution in [1.82, 2.24) is 0 Å². The summed E-state index contributed by atoms with van der Waals surface area (Å²) in [5.74, 6) is 0.389. The Morgan fingerprint density at radius 3 is 2.29 bits per heavy atom. The molecule has 0 saturated carbocycles. The van der Waals surface area contributed by atoms with Crippen molar-refractivity contribution in [2.75, 3.05) is 10.6 Å². The monoisotopic (exact) mass is 374 g/mol. The zero-order chi connectivity index (χ0) is 19.8. The third-order valence-corrected chi connectivity index (χ3v) is 4.09. The lowest BCUT2D eigenvalue weighted by molar-refractivity contribution is -0.115. The number of amides is 2. The lowest BCUT2D eigenvalue weighted by Gasteiger charge is -2.09. The van der Waals surface area contributed by atoms with Gasteiger partial charge in [0.05, 0.1) is 0 Å². The van der Waals surface area contributed by atoms with Gasteiger partial charge in [-0.1, -0.05) is 43.3 Å². The van der Waals surface area contributed by atoms with Crippen molar-refractivity contribution in [1.29, 1.82) is 0 Å². The number of carbonyl (C=O) groups excluding carboxylic acids is 2. The summed E-state index contributed by atoms with van der Waals surface area (Å²) >= 11 is 0. The van der Waals surface area contributed by atoms with E-state index in [0.717, 1.165) is 11.3 Å². The molecule has 0 spiro atoms. The minimum atomic E-state index is -0.245. The highest BCUT2D eigenvalue weighted by Gasteiger charge is 2.08. The minimum Gasteiger partial charge on any atom is -0.489 e. The molecule has 2 N–H and O–H groups in total. The predicted molar refractivity (Wildman–Crippen MR) is 111 cm³/mol. The lowest BCUT2D eigenvalue weighted by Crippen LogP contribution is -2.13. The summed E-state index contributed by atoms with van der Waals surface area (Å²) in [6.45, 7) is 2.27. The van der Waals surface area contributed by atoms with E-state index < -0.39 is 0 Å². The van der Waals surface area contributed by atoms with Crippen LogP contribution in [0.15, 0.2) is 78.9 Å². The fraction of sp³-hybridized carbons (Fsp3) is 0.130. The molecular formula is C23H22N2O3. The molecule has 0 unspecified atom stereocenters. The second-order valence-electron chi connectivity index (χ2n) is 6.24. The van der Waals surface area contributed by atoms with Crippen LogP contribution in [-0.2, 0) is 11.4 Å². The van der Waals surface area contributed by atoms with E-state index >= 15 is 0 Å². The Bertz CT molecular complexity index is 938. The highest BCUT2D eigenvalue weighted by atomic mass is 16.5.